The Morgan fingerprint density at radius 3 is 2.59 bits per heavy atom. The van der Waals surface area contributed by atoms with E-state index in [9.17, 15) is 14.4 Å². The number of ether oxygens (including phenoxy) is 2. The minimum Gasteiger partial charge on any atom is -0.467 e. The van der Waals surface area contributed by atoms with E-state index in [0.29, 0.717) is 10.6 Å². The van der Waals surface area contributed by atoms with Crippen LogP contribution in [0.1, 0.15) is 28.4 Å². The van der Waals surface area contributed by atoms with Crippen molar-refractivity contribution in [2.75, 3.05) is 13.2 Å². The van der Waals surface area contributed by atoms with Gasteiger partial charge < -0.3 is 24.5 Å². The van der Waals surface area contributed by atoms with E-state index < -0.39 is 24.0 Å². The number of esters is 2. The molecule has 2 N–H and O–H groups in total. The highest BCUT2D eigenvalue weighted by atomic mass is 32.1. The number of carbonyl (C=O) groups excluding carboxylic acids is 3. The summed E-state index contributed by atoms with van der Waals surface area (Å²) in [5.41, 5.74) is 1.90. The molecule has 0 fully saturated rings. The number of amides is 2. The van der Waals surface area contributed by atoms with Crippen molar-refractivity contribution in [1.82, 2.24) is 10.6 Å². The zero-order valence-electron chi connectivity index (χ0n) is 17.1. The number of hydrogen-bond acceptors (Lipinski definition) is 7. The first-order chi connectivity index (χ1) is 15.6. The van der Waals surface area contributed by atoms with Crippen molar-refractivity contribution >= 4 is 29.3 Å². The number of carbonyl (C=O) groups is 3. The van der Waals surface area contributed by atoms with E-state index in [4.69, 9.17) is 13.9 Å². The van der Waals surface area contributed by atoms with Gasteiger partial charge in [0.15, 0.2) is 0 Å². The molecule has 1 aliphatic rings. The molecule has 0 spiro atoms. The predicted molar refractivity (Wildman–Crippen MR) is 117 cm³/mol. The van der Waals surface area contributed by atoms with Gasteiger partial charge in [0.2, 0.25) is 0 Å². The molecule has 3 aromatic rings. The first-order valence-electron chi connectivity index (χ1n) is 9.89. The van der Waals surface area contributed by atoms with Crippen LogP contribution in [0, 0.1) is 0 Å². The quantitative estimate of drug-likeness (QED) is 0.524. The van der Waals surface area contributed by atoms with Crippen molar-refractivity contribution in [2.24, 2.45) is 0 Å². The molecule has 0 radical (unpaired) electrons. The highest BCUT2D eigenvalue weighted by molar-refractivity contribution is 7.12. The average molecular weight is 452 g/mol. The fraction of sp³-hybridized carbons (Fsp3) is 0.174. The molecule has 8 nitrogen and oxygen atoms in total. The molecule has 32 heavy (non-hydrogen) atoms. The Labute approximate surface area is 187 Å². The van der Waals surface area contributed by atoms with E-state index >= 15 is 0 Å². The Morgan fingerprint density at radius 2 is 1.88 bits per heavy atom. The molecule has 9 heteroatoms. The summed E-state index contributed by atoms with van der Waals surface area (Å²) in [6.07, 6.45) is 1.44. The Hall–Kier alpha value is -3.85. The molecule has 1 atom stereocenters. The SMILES string of the molecule is CCOC(=O)C1=C(COC(=O)c2sccc2-c2ccccc2)NC(=O)NC1c1ccco1. The number of rotatable bonds is 7. The maximum absolute atomic E-state index is 12.8. The molecule has 0 saturated carbocycles. The summed E-state index contributed by atoms with van der Waals surface area (Å²) in [6, 6.07) is 13.2. The molecule has 3 heterocycles. The summed E-state index contributed by atoms with van der Waals surface area (Å²) >= 11 is 1.26. The van der Waals surface area contributed by atoms with Gasteiger partial charge in [-0.15, -0.1) is 11.3 Å². The molecule has 2 aromatic heterocycles. The van der Waals surface area contributed by atoms with Crippen LogP contribution in [0.15, 0.2) is 75.9 Å². The highest BCUT2D eigenvalue weighted by Crippen LogP contribution is 2.30. The molecule has 4 rings (SSSR count). The first kappa shape index (κ1) is 21.4. The smallest absolute Gasteiger partial charge is 0.349 e. The second-order valence-corrected chi connectivity index (χ2v) is 7.68. The van der Waals surface area contributed by atoms with Gasteiger partial charge in [0.1, 0.15) is 23.3 Å². The highest BCUT2D eigenvalue weighted by Gasteiger charge is 2.36. The van der Waals surface area contributed by atoms with Crippen LogP contribution in [-0.2, 0) is 14.3 Å². The lowest BCUT2D eigenvalue weighted by molar-refractivity contribution is -0.139. The molecule has 0 bridgehead atoms. The number of nitrogens with one attached hydrogen (secondary N) is 2. The van der Waals surface area contributed by atoms with Crippen molar-refractivity contribution in [3.05, 3.63) is 82.1 Å². The van der Waals surface area contributed by atoms with Gasteiger partial charge in [-0.3, -0.25) is 0 Å². The minimum atomic E-state index is -0.867. The van der Waals surface area contributed by atoms with Crippen molar-refractivity contribution in [3.8, 4) is 11.1 Å². The van der Waals surface area contributed by atoms with Crippen molar-refractivity contribution in [2.45, 2.75) is 13.0 Å². The van der Waals surface area contributed by atoms with Gasteiger partial charge in [0.05, 0.1) is 24.1 Å². The van der Waals surface area contributed by atoms with E-state index in [-0.39, 0.29) is 24.5 Å². The summed E-state index contributed by atoms with van der Waals surface area (Å²) < 4.78 is 16.0. The Balaban J connectivity index is 1.61. The zero-order valence-corrected chi connectivity index (χ0v) is 17.9. The summed E-state index contributed by atoms with van der Waals surface area (Å²) in [7, 11) is 0. The molecule has 2 amide bonds. The van der Waals surface area contributed by atoms with Gasteiger partial charge in [0.25, 0.3) is 0 Å². The van der Waals surface area contributed by atoms with Crippen molar-refractivity contribution in [1.29, 1.82) is 0 Å². The van der Waals surface area contributed by atoms with Crippen LogP contribution in [0.5, 0.6) is 0 Å². The Morgan fingerprint density at radius 1 is 1.06 bits per heavy atom. The summed E-state index contributed by atoms with van der Waals surface area (Å²) in [4.78, 5) is 38.2. The van der Waals surface area contributed by atoms with E-state index in [1.807, 2.05) is 41.8 Å². The lowest BCUT2D eigenvalue weighted by atomic mass is 10.0. The predicted octanol–water partition coefficient (Wildman–Crippen LogP) is 4.04. The maximum atomic E-state index is 12.8. The number of furan rings is 1. The summed E-state index contributed by atoms with van der Waals surface area (Å²) in [5, 5.41) is 7.01. The third-order valence-electron chi connectivity index (χ3n) is 4.76. The number of urea groups is 1. The van der Waals surface area contributed by atoms with Gasteiger partial charge >= 0.3 is 18.0 Å². The Bertz CT molecular complexity index is 1150. The standard InChI is InChI=1S/C23H20N2O6S/c1-2-29-21(26)18-16(24-23(28)25-19(18)17-9-6-11-30-17)13-31-22(27)20-15(10-12-32-20)14-7-4-3-5-8-14/h3-12,19H,2,13H2,1H3,(H2,24,25,28). The van der Waals surface area contributed by atoms with E-state index in [0.717, 1.165) is 11.1 Å². The van der Waals surface area contributed by atoms with E-state index in [1.54, 1.807) is 19.1 Å². The van der Waals surface area contributed by atoms with Crippen molar-refractivity contribution < 1.29 is 28.3 Å². The minimum absolute atomic E-state index is 0.115. The van der Waals surface area contributed by atoms with Crippen LogP contribution in [0.25, 0.3) is 11.1 Å². The van der Waals surface area contributed by atoms with Crippen LogP contribution in [0.2, 0.25) is 0 Å². The van der Waals surface area contributed by atoms with Crippen LogP contribution >= 0.6 is 11.3 Å². The second-order valence-electron chi connectivity index (χ2n) is 6.77. The molecular formula is C23H20N2O6S. The third-order valence-corrected chi connectivity index (χ3v) is 5.65. The fourth-order valence-corrected chi connectivity index (χ4v) is 4.17. The molecule has 0 aliphatic carbocycles. The number of thiophene rings is 1. The zero-order chi connectivity index (χ0) is 22.5. The van der Waals surface area contributed by atoms with Gasteiger partial charge in [-0.1, -0.05) is 30.3 Å². The topological polar surface area (TPSA) is 107 Å². The lowest BCUT2D eigenvalue weighted by Crippen LogP contribution is -2.47. The van der Waals surface area contributed by atoms with Gasteiger partial charge in [-0.05, 0) is 36.1 Å². The molecule has 1 aliphatic heterocycles. The van der Waals surface area contributed by atoms with Gasteiger partial charge in [-0.25, -0.2) is 14.4 Å². The molecule has 1 aromatic carbocycles. The Kier molecular flexibility index (Phi) is 6.37. The summed E-state index contributed by atoms with van der Waals surface area (Å²) in [6.45, 7) is 1.50. The monoisotopic (exact) mass is 452 g/mol. The number of benzene rings is 1. The largest absolute Gasteiger partial charge is 0.467 e. The molecule has 164 valence electrons. The molecule has 1 unspecified atom stereocenters. The first-order valence-corrected chi connectivity index (χ1v) is 10.8. The fourth-order valence-electron chi connectivity index (χ4n) is 3.37. The van der Waals surface area contributed by atoms with Crippen LogP contribution in [0.4, 0.5) is 4.79 Å². The lowest BCUT2D eigenvalue weighted by Gasteiger charge is -2.27. The third kappa shape index (κ3) is 4.42. The van der Waals surface area contributed by atoms with Gasteiger partial charge in [0, 0.05) is 5.56 Å². The second kappa shape index (κ2) is 9.52. The molecule has 0 saturated heterocycles. The van der Waals surface area contributed by atoms with E-state index in [1.165, 1.54) is 17.6 Å². The van der Waals surface area contributed by atoms with Crippen LogP contribution < -0.4 is 10.6 Å². The average Bonchev–Trinajstić information content (AvgIpc) is 3.50. The maximum Gasteiger partial charge on any atom is 0.349 e. The van der Waals surface area contributed by atoms with Crippen LogP contribution in [-0.4, -0.2) is 31.2 Å². The normalized spacial score (nSPS) is 15.7. The van der Waals surface area contributed by atoms with E-state index in [2.05, 4.69) is 10.6 Å². The van der Waals surface area contributed by atoms with Gasteiger partial charge in [-0.2, -0.15) is 0 Å². The van der Waals surface area contributed by atoms with Crippen LogP contribution in [0.3, 0.4) is 0 Å². The van der Waals surface area contributed by atoms with Crippen molar-refractivity contribution in [3.63, 3.8) is 0 Å². The molecular weight excluding hydrogens is 432 g/mol. The summed E-state index contributed by atoms with van der Waals surface area (Å²) in [5.74, 6) is -0.846. The number of hydrogen-bond donors (Lipinski definition) is 2.